The zero-order valence-electron chi connectivity index (χ0n) is 9.82. The van der Waals surface area contributed by atoms with E-state index in [1.165, 1.54) is 48.4 Å². The molecule has 0 spiro atoms. The third kappa shape index (κ3) is 3.44. The van der Waals surface area contributed by atoms with Gasteiger partial charge >= 0.3 is 0 Å². The highest BCUT2D eigenvalue weighted by molar-refractivity contribution is 8.14. The van der Waals surface area contributed by atoms with E-state index in [0.29, 0.717) is 0 Å². The van der Waals surface area contributed by atoms with Gasteiger partial charge in [-0.1, -0.05) is 44.7 Å². The van der Waals surface area contributed by atoms with Crippen molar-refractivity contribution >= 4 is 23.9 Å². The second kappa shape index (κ2) is 6.58. The third-order valence-corrected chi connectivity index (χ3v) is 5.15. The zero-order valence-corrected chi connectivity index (χ0v) is 11.4. The van der Waals surface area contributed by atoms with Crippen molar-refractivity contribution < 1.29 is 0 Å². The van der Waals surface area contributed by atoms with Gasteiger partial charge in [0.15, 0.2) is 0 Å². The van der Waals surface area contributed by atoms with Crippen molar-refractivity contribution in [2.45, 2.75) is 48.8 Å². The molecule has 0 saturated carbocycles. The molecule has 2 rings (SSSR count). The van der Waals surface area contributed by atoms with E-state index < -0.39 is 0 Å². The summed E-state index contributed by atoms with van der Waals surface area (Å²) in [6.45, 7) is 3.47. The SMILES string of the molecule is CCCCCCCN1Sc2ccccc2S1. The Morgan fingerprint density at radius 2 is 1.56 bits per heavy atom. The van der Waals surface area contributed by atoms with Gasteiger partial charge in [0.1, 0.15) is 0 Å². The number of rotatable bonds is 6. The first-order valence-electron chi connectivity index (χ1n) is 6.12. The van der Waals surface area contributed by atoms with Crippen molar-refractivity contribution in [1.29, 1.82) is 0 Å². The van der Waals surface area contributed by atoms with Gasteiger partial charge in [-0.2, -0.15) is 3.71 Å². The lowest BCUT2D eigenvalue weighted by Crippen LogP contribution is -2.03. The average molecular weight is 253 g/mol. The molecule has 3 heteroatoms. The number of hydrogen-bond donors (Lipinski definition) is 0. The Hall–Kier alpha value is -0.120. The van der Waals surface area contributed by atoms with Crippen molar-refractivity contribution in [2.24, 2.45) is 0 Å². The van der Waals surface area contributed by atoms with E-state index in [1.807, 2.05) is 23.9 Å². The molecule has 0 atom stereocenters. The van der Waals surface area contributed by atoms with Crippen molar-refractivity contribution in [3.05, 3.63) is 24.3 Å². The first kappa shape index (κ1) is 12.3. The van der Waals surface area contributed by atoms with Gasteiger partial charge in [-0.3, -0.25) is 0 Å². The molecule has 1 aliphatic heterocycles. The van der Waals surface area contributed by atoms with Gasteiger partial charge in [-0.05, 0) is 42.4 Å². The van der Waals surface area contributed by atoms with Crippen LogP contribution in [0, 0.1) is 0 Å². The first-order chi connectivity index (χ1) is 7.90. The highest BCUT2D eigenvalue weighted by Gasteiger charge is 2.19. The average Bonchev–Trinajstić information content (AvgIpc) is 2.71. The summed E-state index contributed by atoms with van der Waals surface area (Å²) in [7, 11) is 0. The molecule has 0 unspecified atom stereocenters. The predicted octanol–water partition coefficient (Wildman–Crippen LogP) is 4.99. The zero-order chi connectivity index (χ0) is 11.2. The van der Waals surface area contributed by atoms with Gasteiger partial charge in [0, 0.05) is 16.3 Å². The maximum atomic E-state index is 2.41. The molecule has 0 fully saturated rings. The second-order valence-electron chi connectivity index (χ2n) is 4.10. The highest BCUT2D eigenvalue weighted by Crippen LogP contribution is 2.46. The van der Waals surface area contributed by atoms with Crippen LogP contribution in [0.1, 0.15) is 39.0 Å². The fourth-order valence-corrected chi connectivity index (χ4v) is 4.10. The Labute approximate surface area is 107 Å². The molecule has 1 aromatic rings. The Morgan fingerprint density at radius 3 is 2.19 bits per heavy atom. The van der Waals surface area contributed by atoms with Gasteiger partial charge in [-0.15, -0.1) is 0 Å². The van der Waals surface area contributed by atoms with Crippen LogP contribution in [0.4, 0.5) is 0 Å². The largest absolute Gasteiger partial charge is 0.186 e. The molecule has 0 bridgehead atoms. The van der Waals surface area contributed by atoms with E-state index in [9.17, 15) is 0 Å². The van der Waals surface area contributed by atoms with Crippen LogP contribution >= 0.6 is 23.9 Å². The van der Waals surface area contributed by atoms with Crippen molar-refractivity contribution in [3.8, 4) is 0 Å². The van der Waals surface area contributed by atoms with Crippen LogP contribution in [0.2, 0.25) is 0 Å². The number of nitrogens with zero attached hydrogens (tertiary/aromatic N) is 1. The lowest BCUT2D eigenvalue weighted by molar-refractivity contribution is 0.590. The van der Waals surface area contributed by atoms with Gasteiger partial charge in [-0.25, -0.2) is 0 Å². The van der Waals surface area contributed by atoms with Gasteiger partial charge < -0.3 is 0 Å². The maximum Gasteiger partial charge on any atom is 0.0388 e. The summed E-state index contributed by atoms with van der Waals surface area (Å²) >= 11 is 3.79. The van der Waals surface area contributed by atoms with Crippen molar-refractivity contribution in [2.75, 3.05) is 6.54 Å². The molecule has 0 aliphatic carbocycles. The summed E-state index contributed by atoms with van der Waals surface area (Å²) in [5.74, 6) is 0. The molecule has 0 aromatic heterocycles. The summed E-state index contributed by atoms with van der Waals surface area (Å²) < 4.78 is 2.41. The number of fused-ring (bicyclic) bond motifs is 1. The van der Waals surface area contributed by atoms with Crippen LogP contribution in [0.15, 0.2) is 34.1 Å². The quantitative estimate of drug-likeness (QED) is 0.519. The van der Waals surface area contributed by atoms with E-state index >= 15 is 0 Å². The van der Waals surface area contributed by atoms with E-state index in [1.54, 1.807) is 0 Å². The third-order valence-electron chi connectivity index (χ3n) is 2.69. The minimum Gasteiger partial charge on any atom is -0.186 e. The van der Waals surface area contributed by atoms with E-state index in [4.69, 9.17) is 0 Å². The molecular weight excluding hydrogens is 234 g/mol. The van der Waals surface area contributed by atoms with Crippen LogP contribution in [-0.2, 0) is 0 Å². The van der Waals surface area contributed by atoms with Crippen LogP contribution < -0.4 is 0 Å². The molecule has 0 radical (unpaired) electrons. The summed E-state index contributed by atoms with van der Waals surface area (Å²) in [5, 5.41) is 0. The Kier molecular flexibility index (Phi) is 5.07. The molecule has 16 heavy (non-hydrogen) atoms. The van der Waals surface area contributed by atoms with Gasteiger partial charge in [0.2, 0.25) is 0 Å². The van der Waals surface area contributed by atoms with Crippen LogP contribution in [0.3, 0.4) is 0 Å². The topological polar surface area (TPSA) is 3.24 Å². The summed E-state index contributed by atoms with van der Waals surface area (Å²) in [6.07, 6.45) is 6.82. The Morgan fingerprint density at radius 1 is 0.938 bits per heavy atom. The highest BCUT2D eigenvalue weighted by atomic mass is 32.2. The van der Waals surface area contributed by atoms with E-state index in [-0.39, 0.29) is 0 Å². The molecule has 1 nitrogen and oxygen atoms in total. The first-order valence-corrected chi connectivity index (χ1v) is 7.67. The lowest BCUT2D eigenvalue weighted by atomic mass is 10.2. The molecule has 1 aliphatic rings. The molecule has 1 heterocycles. The van der Waals surface area contributed by atoms with Gasteiger partial charge in [0.25, 0.3) is 0 Å². The van der Waals surface area contributed by atoms with Crippen molar-refractivity contribution in [3.63, 3.8) is 0 Å². The molecule has 1 aromatic carbocycles. The maximum absolute atomic E-state index is 2.41. The van der Waals surface area contributed by atoms with Crippen LogP contribution in [-0.4, -0.2) is 10.3 Å². The standard InChI is InChI=1S/C13H19NS2/c1-2-3-4-5-8-11-14-15-12-9-6-7-10-13(12)16-14/h6-7,9-10H,2-5,8,11H2,1H3. The molecular formula is C13H19NS2. The monoisotopic (exact) mass is 253 g/mol. The number of benzene rings is 1. The Balaban J connectivity index is 1.67. The lowest BCUT2D eigenvalue weighted by Gasteiger charge is -2.10. The van der Waals surface area contributed by atoms with Crippen LogP contribution in [0.25, 0.3) is 0 Å². The summed E-state index contributed by atoms with van der Waals surface area (Å²) in [4.78, 5) is 2.84. The van der Waals surface area contributed by atoms with Crippen LogP contribution in [0.5, 0.6) is 0 Å². The summed E-state index contributed by atoms with van der Waals surface area (Å²) in [5.41, 5.74) is 0. The predicted molar refractivity (Wildman–Crippen MR) is 73.6 cm³/mol. The minimum absolute atomic E-state index is 1.20. The van der Waals surface area contributed by atoms with E-state index in [2.05, 4.69) is 34.9 Å². The summed E-state index contributed by atoms with van der Waals surface area (Å²) in [6, 6.07) is 8.67. The fraction of sp³-hybridized carbons (Fsp3) is 0.538. The normalized spacial score (nSPS) is 15.3. The van der Waals surface area contributed by atoms with E-state index in [0.717, 1.165) is 0 Å². The molecule has 0 N–H and O–H groups in total. The number of unbranched alkanes of at least 4 members (excludes halogenated alkanes) is 4. The second-order valence-corrected chi connectivity index (χ2v) is 6.46. The fourth-order valence-electron chi connectivity index (χ4n) is 1.77. The Bertz CT molecular complexity index is 302. The minimum atomic E-state index is 1.20. The smallest absolute Gasteiger partial charge is 0.0388 e. The molecule has 0 amide bonds. The molecule has 0 saturated heterocycles. The van der Waals surface area contributed by atoms with Gasteiger partial charge in [0.05, 0.1) is 0 Å². The number of hydrogen-bond acceptors (Lipinski definition) is 3. The molecule has 88 valence electrons. The van der Waals surface area contributed by atoms with Crippen molar-refractivity contribution in [1.82, 2.24) is 3.71 Å².